The predicted molar refractivity (Wildman–Crippen MR) is 104 cm³/mol. The third-order valence-electron chi connectivity index (χ3n) is 4.17. The molecule has 0 saturated carbocycles. The number of aromatic nitrogens is 2. The van der Waals surface area contributed by atoms with Crippen LogP contribution in [0.15, 0.2) is 48.5 Å². The molecule has 25 heavy (non-hydrogen) atoms. The Bertz CT molecular complexity index is 849. The Morgan fingerprint density at radius 1 is 0.800 bits per heavy atom. The Labute approximate surface area is 149 Å². The molecule has 2 aromatic carbocycles. The Morgan fingerprint density at radius 3 is 2.12 bits per heavy atom. The molecule has 1 heterocycles. The van der Waals surface area contributed by atoms with Crippen molar-refractivity contribution < 1.29 is 0 Å². The summed E-state index contributed by atoms with van der Waals surface area (Å²) in [6.45, 7) is 8.93. The second-order valence-corrected chi connectivity index (χ2v) is 6.42. The monoisotopic (exact) mass is 332 g/mol. The predicted octanol–water partition coefficient (Wildman–Crippen LogP) is 5.07. The topological polar surface area (TPSA) is 49.8 Å². The van der Waals surface area contributed by atoms with E-state index >= 15 is 0 Å². The lowest BCUT2D eigenvalue weighted by Crippen LogP contribution is -2.06. The normalized spacial score (nSPS) is 10.6. The number of nitrogens with one attached hydrogen (secondary N) is 2. The van der Waals surface area contributed by atoms with Crippen LogP contribution in [0.1, 0.15) is 28.1 Å². The minimum absolute atomic E-state index is 0.736. The Hall–Kier alpha value is -2.88. The van der Waals surface area contributed by atoms with Crippen molar-refractivity contribution in [2.24, 2.45) is 0 Å². The summed E-state index contributed by atoms with van der Waals surface area (Å²) < 4.78 is 0. The van der Waals surface area contributed by atoms with E-state index in [1.54, 1.807) is 0 Å². The molecule has 0 amide bonds. The molecule has 0 aliphatic heterocycles. The molecular formula is C21H24N4. The van der Waals surface area contributed by atoms with Gasteiger partial charge in [-0.1, -0.05) is 48.0 Å². The summed E-state index contributed by atoms with van der Waals surface area (Å²) in [7, 11) is 0. The highest BCUT2D eigenvalue weighted by molar-refractivity contribution is 5.65. The van der Waals surface area contributed by atoms with Gasteiger partial charge in [-0.05, 0) is 44.4 Å². The van der Waals surface area contributed by atoms with Gasteiger partial charge in [-0.2, -0.15) is 0 Å². The zero-order valence-corrected chi connectivity index (χ0v) is 15.2. The van der Waals surface area contributed by atoms with Crippen LogP contribution in [0.2, 0.25) is 0 Å². The number of nitrogens with zero attached hydrogens (tertiary/aromatic N) is 2. The molecule has 0 radical (unpaired) electrons. The van der Waals surface area contributed by atoms with Crippen LogP contribution in [0.3, 0.4) is 0 Å². The molecule has 4 nitrogen and oxygen atoms in total. The van der Waals surface area contributed by atoms with E-state index in [0.717, 1.165) is 29.7 Å². The van der Waals surface area contributed by atoms with Gasteiger partial charge in [-0.25, -0.2) is 9.97 Å². The molecule has 0 bridgehead atoms. The van der Waals surface area contributed by atoms with E-state index in [1.165, 1.54) is 22.3 Å². The lowest BCUT2D eigenvalue weighted by molar-refractivity contribution is 1.02. The molecule has 0 saturated heterocycles. The van der Waals surface area contributed by atoms with Crippen molar-refractivity contribution in [3.63, 3.8) is 0 Å². The van der Waals surface area contributed by atoms with Crippen molar-refractivity contribution in [2.45, 2.75) is 34.2 Å². The van der Waals surface area contributed by atoms with Gasteiger partial charge in [-0.3, -0.25) is 0 Å². The molecule has 1 aromatic heterocycles. The summed E-state index contributed by atoms with van der Waals surface area (Å²) in [4.78, 5) is 9.01. The summed E-state index contributed by atoms with van der Waals surface area (Å²) >= 11 is 0. The van der Waals surface area contributed by atoms with Gasteiger partial charge in [0, 0.05) is 18.3 Å². The fraction of sp³-hybridized carbons (Fsp3) is 0.238. The van der Waals surface area contributed by atoms with Gasteiger partial charge in [-0.15, -0.1) is 0 Å². The third kappa shape index (κ3) is 4.35. The van der Waals surface area contributed by atoms with Crippen LogP contribution in [0, 0.1) is 27.7 Å². The maximum atomic E-state index is 4.52. The molecule has 3 aromatic rings. The van der Waals surface area contributed by atoms with Crippen molar-refractivity contribution >= 4 is 17.3 Å². The molecule has 0 aliphatic carbocycles. The van der Waals surface area contributed by atoms with Crippen LogP contribution < -0.4 is 10.6 Å². The molecule has 0 spiro atoms. The van der Waals surface area contributed by atoms with Crippen LogP contribution in [-0.4, -0.2) is 9.97 Å². The number of para-hydroxylation sites is 1. The SMILES string of the molecule is Cc1ccc(CNc2cc(Nc3c(C)cccc3C)nc(C)n2)cc1. The second kappa shape index (κ2) is 7.34. The van der Waals surface area contributed by atoms with E-state index in [2.05, 4.69) is 83.8 Å². The lowest BCUT2D eigenvalue weighted by Gasteiger charge is -2.14. The van der Waals surface area contributed by atoms with Gasteiger partial charge in [0.2, 0.25) is 0 Å². The van der Waals surface area contributed by atoms with Crippen LogP contribution in [0.4, 0.5) is 17.3 Å². The van der Waals surface area contributed by atoms with Gasteiger partial charge in [0.1, 0.15) is 17.5 Å². The number of aryl methyl sites for hydroxylation is 4. The van der Waals surface area contributed by atoms with Gasteiger partial charge < -0.3 is 10.6 Å². The van der Waals surface area contributed by atoms with Crippen LogP contribution in [0.5, 0.6) is 0 Å². The maximum Gasteiger partial charge on any atom is 0.136 e. The Kier molecular flexibility index (Phi) is 4.98. The Morgan fingerprint density at radius 2 is 1.44 bits per heavy atom. The zero-order chi connectivity index (χ0) is 17.8. The van der Waals surface area contributed by atoms with Crippen molar-refractivity contribution in [3.8, 4) is 0 Å². The first-order valence-corrected chi connectivity index (χ1v) is 8.49. The average Bonchev–Trinajstić information content (AvgIpc) is 2.57. The van der Waals surface area contributed by atoms with E-state index < -0.39 is 0 Å². The minimum Gasteiger partial charge on any atom is -0.366 e. The number of hydrogen-bond donors (Lipinski definition) is 2. The fourth-order valence-electron chi connectivity index (χ4n) is 2.76. The third-order valence-corrected chi connectivity index (χ3v) is 4.17. The van der Waals surface area contributed by atoms with Crippen molar-refractivity contribution in [3.05, 3.63) is 76.6 Å². The maximum absolute atomic E-state index is 4.52. The smallest absolute Gasteiger partial charge is 0.136 e. The summed E-state index contributed by atoms with van der Waals surface area (Å²) in [5, 5.41) is 6.82. The van der Waals surface area contributed by atoms with Crippen LogP contribution in [0.25, 0.3) is 0 Å². The number of hydrogen-bond acceptors (Lipinski definition) is 4. The largest absolute Gasteiger partial charge is 0.366 e. The summed E-state index contributed by atoms with van der Waals surface area (Å²) in [6.07, 6.45) is 0. The van der Waals surface area contributed by atoms with Gasteiger partial charge in [0.25, 0.3) is 0 Å². The lowest BCUT2D eigenvalue weighted by atomic mass is 10.1. The molecule has 4 heteroatoms. The van der Waals surface area contributed by atoms with E-state index in [4.69, 9.17) is 0 Å². The van der Waals surface area contributed by atoms with E-state index in [9.17, 15) is 0 Å². The number of benzene rings is 2. The van der Waals surface area contributed by atoms with Crippen molar-refractivity contribution in [2.75, 3.05) is 10.6 Å². The van der Waals surface area contributed by atoms with Gasteiger partial charge in [0.15, 0.2) is 0 Å². The zero-order valence-electron chi connectivity index (χ0n) is 15.2. The molecule has 3 rings (SSSR count). The molecule has 0 fully saturated rings. The highest BCUT2D eigenvalue weighted by Gasteiger charge is 2.06. The first-order chi connectivity index (χ1) is 12.0. The minimum atomic E-state index is 0.736. The van der Waals surface area contributed by atoms with E-state index in [-0.39, 0.29) is 0 Å². The quantitative estimate of drug-likeness (QED) is 0.685. The standard InChI is InChI=1S/C21H24N4/c1-14-8-10-18(11-9-14)13-22-19-12-20(24-17(4)23-19)25-21-15(2)6-5-7-16(21)3/h5-12H,13H2,1-4H3,(H2,22,23,24,25). The van der Waals surface area contributed by atoms with E-state index in [0.29, 0.717) is 0 Å². The molecule has 0 aliphatic rings. The number of anilines is 3. The number of rotatable bonds is 5. The summed E-state index contributed by atoms with van der Waals surface area (Å²) in [5.74, 6) is 2.36. The second-order valence-electron chi connectivity index (χ2n) is 6.42. The summed E-state index contributed by atoms with van der Waals surface area (Å²) in [6, 6.07) is 16.7. The molecule has 2 N–H and O–H groups in total. The Balaban J connectivity index is 1.77. The van der Waals surface area contributed by atoms with Crippen LogP contribution >= 0.6 is 0 Å². The van der Waals surface area contributed by atoms with Gasteiger partial charge >= 0.3 is 0 Å². The first-order valence-electron chi connectivity index (χ1n) is 8.49. The molecule has 0 unspecified atom stereocenters. The fourth-order valence-corrected chi connectivity index (χ4v) is 2.76. The summed E-state index contributed by atoms with van der Waals surface area (Å²) in [5.41, 5.74) is 5.99. The molecule has 128 valence electrons. The highest BCUT2D eigenvalue weighted by Crippen LogP contribution is 2.24. The van der Waals surface area contributed by atoms with Crippen molar-refractivity contribution in [1.82, 2.24) is 9.97 Å². The van der Waals surface area contributed by atoms with E-state index in [1.807, 2.05) is 13.0 Å². The average molecular weight is 332 g/mol. The molecular weight excluding hydrogens is 308 g/mol. The highest BCUT2D eigenvalue weighted by atomic mass is 15.1. The first kappa shape index (κ1) is 17.0. The van der Waals surface area contributed by atoms with Crippen molar-refractivity contribution in [1.29, 1.82) is 0 Å². The molecule has 0 atom stereocenters. The van der Waals surface area contributed by atoms with Gasteiger partial charge in [0.05, 0.1) is 0 Å². The van der Waals surface area contributed by atoms with Crippen LogP contribution in [-0.2, 0) is 6.54 Å².